The zero-order valence-corrected chi connectivity index (χ0v) is 17.5. The standard InChI is InChI=1S/C17H17BrClN3O.HI/c18-12-6-5-11(14(19)9-12)10-21-17(20)22-15-7-8-23-16-4-2-1-3-13(15)16;/h1-6,9,15H,7-8,10H2,(H3,20,21,22);1H. The van der Waals surface area contributed by atoms with Gasteiger partial charge in [-0.15, -0.1) is 24.0 Å². The van der Waals surface area contributed by atoms with Crippen molar-refractivity contribution in [2.45, 2.75) is 19.0 Å². The third kappa shape index (κ3) is 4.77. The van der Waals surface area contributed by atoms with Gasteiger partial charge >= 0.3 is 0 Å². The molecular formula is C17H18BrClIN3O. The molecule has 1 unspecified atom stereocenters. The maximum Gasteiger partial charge on any atom is 0.189 e. The predicted molar refractivity (Wildman–Crippen MR) is 112 cm³/mol. The van der Waals surface area contributed by atoms with E-state index < -0.39 is 0 Å². The van der Waals surface area contributed by atoms with E-state index in [4.69, 9.17) is 22.1 Å². The highest BCUT2D eigenvalue weighted by molar-refractivity contribution is 14.0. The van der Waals surface area contributed by atoms with Crippen LogP contribution in [0.15, 0.2) is 51.9 Å². The molecule has 0 aliphatic carbocycles. The Hall–Kier alpha value is -0.990. The van der Waals surface area contributed by atoms with Gasteiger partial charge in [0.15, 0.2) is 5.96 Å². The number of nitrogens with two attached hydrogens (primary N) is 1. The van der Waals surface area contributed by atoms with Crippen LogP contribution in [0.1, 0.15) is 23.6 Å². The van der Waals surface area contributed by atoms with Crippen molar-refractivity contribution in [3.05, 3.63) is 63.1 Å². The highest BCUT2D eigenvalue weighted by Crippen LogP contribution is 2.31. The van der Waals surface area contributed by atoms with Gasteiger partial charge in [0.1, 0.15) is 5.75 Å². The predicted octanol–water partition coefficient (Wildman–Crippen LogP) is 4.65. The minimum atomic E-state index is 0. The van der Waals surface area contributed by atoms with Crippen LogP contribution in [0.2, 0.25) is 5.02 Å². The molecule has 0 saturated carbocycles. The first-order chi connectivity index (χ1) is 11.1. The van der Waals surface area contributed by atoms with Crippen LogP contribution in [0.25, 0.3) is 0 Å². The van der Waals surface area contributed by atoms with Crippen LogP contribution in [-0.4, -0.2) is 12.6 Å². The maximum absolute atomic E-state index is 6.19. The molecule has 24 heavy (non-hydrogen) atoms. The summed E-state index contributed by atoms with van der Waals surface area (Å²) in [5.74, 6) is 1.31. The number of para-hydroxylation sites is 1. The molecule has 0 aromatic heterocycles. The van der Waals surface area contributed by atoms with Crippen molar-refractivity contribution in [2.75, 3.05) is 6.61 Å². The van der Waals surface area contributed by atoms with Crippen molar-refractivity contribution >= 4 is 57.5 Å². The second-order valence-electron chi connectivity index (χ2n) is 5.31. The van der Waals surface area contributed by atoms with Gasteiger partial charge in [-0.05, 0) is 23.8 Å². The lowest BCUT2D eigenvalue weighted by molar-refractivity contribution is 0.262. The lowest BCUT2D eigenvalue weighted by atomic mass is 10.0. The van der Waals surface area contributed by atoms with Crippen molar-refractivity contribution in [1.82, 2.24) is 5.32 Å². The topological polar surface area (TPSA) is 59.6 Å². The molecule has 0 bridgehead atoms. The van der Waals surface area contributed by atoms with Crippen molar-refractivity contribution in [2.24, 2.45) is 10.7 Å². The molecule has 1 atom stereocenters. The summed E-state index contributed by atoms with van der Waals surface area (Å²) in [5, 5.41) is 3.94. The van der Waals surface area contributed by atoms with Crippen LogP contribution in [0.3, 0.4) is 0 Å². The van der Waals surface area contributed by atoms with Gasteiger partial charge < -0.3 is 15.8 Å². The molecule has 0 radical (unpaired) electrons. The van der Waals surface area contributed by atoms with E-state index in [1.54, 1.807) is 0 Å². The summed E-state index contributed by atoms with van der Waals surface area (Å²) in [7, 11) is 0. The molecule has 1 aliphatic heterocycles. The van der Waals surface area contributed by atoms with Gasteiger partial charge in [-0.25, -0.2) is 4.99 Å². The highest BCUT2D eigenvalue weighted by Gasteiger charge is 2.21. The summed E-state index contributed by atoms with van der Waals surface area (Å²) in [6, 6.07) is 13.8. The summed E-state index contributed by atoms with van der Waals surface area (Å²) in [6.07, 6.45) is 0.853. The number of hydrogen-bond donors (Lipinski definition) is 2. The van der Waals surface area contributed by atoms with Gasteiger partial charge in [-0.2, -0.15) is 0 Å². The summed E-state index contributed by atoms with van der Waals surface area (Å²) in [4.78, 5) is 4.39. The molecule has 7 heteroatoms. The number of halogens is 3. The van der Waals surface area contributed by atoms with Crippen LogP contribution in [0.5, 0.6) is 5.75 Å². The summed E-state index contributed by atoms with van der Waals surface area (Å²) in [6.45, 7) is 1.11. The van der Waals surface area contributed by atoms with Crippen molar-refractivity contribution in [3.63, 3.8) is 0 Å². The molecule has 2 aromatic carbocycles. The Labute approximate surface area is 172 Å². The number of benzene rings is 2. The van der Waals surface area contributed by atoms with Crippen LogP contribution < -0.4 is 15.8 Å². The Balaban J connectivity index is 0.00000208. The zero-order chi connectivity index (χ0) is 16.2. The fourth-order valence-corrected chi connectivity index (χ4v) is 3.27. The number of aliphatic imine (C=N–C) groups is 1. The molecule has 0 spiro atoms. The summed E-state index contributed by atoms with van der Waals surface area (Å²) >= 11 is 9.58. The van der Waals surface area contributed by atoms with Crippen molar-refractivity contribution in [3.8, 4) is 5.75 Å². The lowest BCUT2D eigenvalue weighted by Crippen LogP contribution is -2.37. The first kappa shape index (κ1) is 19.3. The molecule has 0 amide bonds. The van der Waals surface area contributed by atoms with Gasteiger partial charge in [0.2, 0.25) is 0 Å². The number of nitrogens with zero attached hydrogens (tertiary/aromatic N) is 1. The van der Waals surface area contributed by atoms with Gasteiger partial charge in [-0.1, -0.05) is 51.8 Å². The quantitative estimate of drug-likeness (QED) is 0.351. The summed E-state index contributed by atoms with van der Waals surface area (Å²) in [5.41, 5.74) is 8.08. The molecule has 2 aromatic rings. The smallest absolute Gasteiger partial charge is 0.189 e. The molecule has 0 saturated heterocycles. The molecule has 0 fully saturated rings. The van der Waals surface area contributed by atoms with Crippen LogP contribution >= 0.6 is 51.5 Å². The van der Waals surface area contributed by atoms with E-state index in [1.807, 2.05) is 42.5 Å². The molecule has 128 valence electrons. The lowest BCUT2D eigenvalue weighted by Gasteiger charge is -2.26. The van der Waals surface area contributed by atoms with E-state index in [1.165, 1.54) is 0 Å². The monoisotopic (exact) mass is 521 g/mol. The van der Waals surface area contributed by atoms with E-state index in [0.29, 0.717) is 24.1 Å². The maximum atomic E-state index is 6.19. The Morgan fingerprint density at radius 3 is 2.92 bits per heavy atom. The van der Waals surface area contributed by atoms with Crippen molar-refractivity contribution < 1.29 is 4.74 Å². The Morgan fingerprint density at radius 1 is 1.33 bits per heavy atom. The van der Waals surface area contributed by atoms with Crippen LogP contribution in [0.4, 0.5) is 0 Å². The van der Waals surface area contributed by atoms with Gasteiger partial charge in [0.25, 0.3) is 0 Å². The molecular weight excluding hydrogens is 504 g/mol. The van der Waals surface area contributed by atoms with Crippen LogP contribution in [-0.2, 0) is 6.54 Å². The Kier molecular flexibility index (Phi) is 7.18. The molecule has 3 N–H and O–H groups in total. The summed E-state index contributed by atoms with van der Waals surface area (Å²) < 4.78 is 6.59. The van der Waals surface area contributed by atoms with Crippen molar-refractivity contribution in [1.29, 1.82) is 0 Å². The zero-order valence-electron chi connectivity index (χ0n) is 12.8. The normalized spacial score (nSPS) is 16.6. The number of fused-ring (bicyclic) bond motifs is 1. The van der Waals surface area contributed by atoms with E-state index in [0.717, 1.165) is 27.8 Å². The van der Waals surface area contributed by atoms with E-state index in [-0.39, 0.29) is 30.0 Å². The number of guanidine groups is 1. The third-order valence-corrected chi connectivity index (χ3v) is 4.56. The van der Waals surface area contributed by atoms with E-state index in [2.05, 4.69) is 26.2 Å². The Bertz CT molecular complexity index is 742. The molecule has 1 heterocycles. The fraction of sp³-hybridized carbons (Fsp3) is 0.235. The van der Waals surface area contributed by atoms with E-state index in [9.17, 15) is 0 Å². The average Bonchev–Trinajstić information content (AvgIpc) is 2.54. The van der Waals surface area contributed by atoms with E-state index >= 15 is 0 Å². The minimum Gasteiger partial charge on any atom is -0.493 e. The molecule has 4 nitrogen and oxygen atoms in total. The second kappa shape index (κ2) is 8.92. The first-order valence-electron chi connectivity index (χ1n) is 7.35. The molecule has 3 rings (SSSR count). The number of ether oxygens (including phenoxy) is 1. The largest absolute Gasteiger partial charge is 0.493 e. The first-order valence-corrected chi connectivity index (χ1v) is 8.52. The number of rotatable bonds is 3. The molecule has 1 aliphatic rings. The fourth-order valence-electron chi connectivity index (χ4n) is 2.54. The number of nitrogens with one attached hydrogen (secondary N) is 1. The Morgan fingerprint density at radius 2 is 2.12 bits per heavy atom. The van der Waals surface area contributed by atoms with Gasteiger partial charge in [0, 0.05) is 21.5 Å². The third-order valence-electron chi connectivity index (χ3n) is 3.72. The number of hydrogen-bond acceptors (Lipinski definition) is 2. The SMILES string of the molecule is I.NC(=NCc1ccc(Br)cc1Cl)NC1CCOc2ccccc21. The van der Waals surface area contributed by atoms with Gasteiger partial charge in [-0.3, -0.25) is 0 Å². The van der Waals surface area contributed by atoms with Crippen LogP contribution in [0, 0.1) is 0 Å². The van der Waals surface area contributed by atoms with Gasteiger partial charge in [0.05, 0.1) is 19.2 Å². The highest BCUT2D eigenvalue weighted by atomic mass is 127. The second-order valence-corrected chi connectivity index (χ2v) is 6.63. The average molecular weight is 523 g/mol. The minimum absolute atomic E-state index is 0.